The summed E-state index contributed by atoms with van der Waals surface area (Å²) < 4.78 is 6.89. The first kappa shape index (κ1) is 16.3. The Hall–Kier alpha value is -2.19. The zero-order valence-electron chi connectivity index (χ0n) is 14.2. The maximum atomic E-state index is 6.51. The Labute approximate surface area is 150 Å². The molecule has 0 radical (unpaired) electrons. The van der Waals surface area contributed by atoms with E-state index < -0.39 is 0 Å². The average molecular weight is 362 g/mol. The van der Waals surface area contributed by atoms with Crippen LogP contribution < -0.4 is 0 Å². The second kappa shape index (κ2) is 6.61. The van der Waals surface area contributed by atoms with Crippen molar-refractivity contribution in [1.29, 1.82) is 0 Å². The fraction of sp³-hybridized carbons (Fsp3) is 0.500. The molecule has 1 N–H and O–H groups in total. The number of rotatable bonds is 4. The van der Waals surface area contributed by atoms with E-state index in [0.717, 1.165) is 61.0 Å². The van der Waals surface area contributed by atoms with Crippen LogP contribution in [0.1, 0.15) is 35.9 Å². The molecule has 0 bridgehead atoms. The fourth-order valence-electron chi connectivity index (χ4n) is 3.43. The number of piperidine rings is 1. The summed E-state index contributed by atoms with van der Waals surface area (Å²) in [4.78, 5) is 6.70. The molecule has 0 unspecified atom stereocenters. The molecule has 0 saturated carbocycles. The van der Waals surface area contributed by atoms with Crippen LogP contribution >= 0.6 is 11.6 Å². The highest BCUT2D eigenvalue weighted by atomic mass is 35.5. The van der Waals surface area contributed by atoms with Gasteiger partial charge in [0, 0.05) is 37.7 Å². The minimum absolute atomic E-state index is 0.365. The van der Waals surface area contributed by atoms with E-state index in [-0.39, 0.29) is 0 Å². The maximum Gasteiger partial charge on any atom is 0.137 e. The van der Waals surface area contributed by atoms with Gasteiger partial charge in [-0.25, -0.2) is 4.98 Å². The summed E-state index contributed by atoms with van der Waals surface area (Å²) in [6.07, 6.45) is 3.79. The molecule has 0 amide bonds. The van der Waals surface area contributed by atoms with Crippen molar-refractivity contribution in [2.75, 3.05) is 13.1 Å². The third kappa shape index (κ3) is 3.19. The Kier molecular flexibility index (Phi) is 4.30. The second-order valence-electron chi connectivity index (χ2n) is 6.51. The van der Waals surface area contributed by atoms with Gasteiger partial charge in [-0.1, -0.05) is 16.8 Å². The van der Waals surface area contributed by atoms with E-state index in [4.69, 9.17) is 16.1 Å². The second-order valence-corrected chi connectivity index (χ2v) is 6.87. The molecule has 1 saturated heterocycles. The van der Waals surface area contributed by atoms with Crippen LogP contribution in [0.4, 0.5) is 0 Å². The smallest absolute Gasteiger partial charge is 0.137 e. The molecule has 1 aliphatic rings. The Morgan fingerprint density at radius 2 is 2.32 bits per heavy atom. The van der Waals surface area contributed by atoms with Crippen LogP contribution in [-0.2, 0) is 13.6 Å². The first-order valence-corrected chi connectivity index (χ1v) is 8.72. The Balaban J connectivity index is 1.58. The van der Waals surface area contributed by atoms with E-state index in [1.54, 1.807) is 11.0 Å². The molecule has 9 heteroatoms. The summed E-state index contributed by atoms with van der Waals surface area (Å²) in [7, 11) is 1.84. The van der Waals surface area contributed by atoms with Crippen molar-refractivity contribution in [2.45, 2.75) is 32.2 Å². The van der Waals surface area contributed by atoms with Crippen LogP contribution in [0.3, 0.4) is 0 Å². The van der Waals surface area contributed by atoms with Crippen molar-refractivity contribution in [3.05, 3.63) is 34.7 Å². The molecule has 0 spiro atoms. The van der Waals surface area contributed by atoms with Crippen molar-refractivity contribution in [1.82, 2.24) is 35.0 Å². The van der Waals surface area contributed by atoms with Crippen LogP contribution in [-0.4, -0.2) is 48.1 Å². The van der Waals surface area contributed by atoms with Gasteiger partial charge >= 0.3 is 0 Å². The highest BCUT2D eigenvalue weighted by Gasteiger charge is 2.26. The van der Waals surface area contributed by atoms with Gasteiger partial charge in [0.15, 0.2) is 0 Å². The molecular formula is C16H20ClN7O. The van der Waals surface area contributed by atoms with Gasteiger partial charge < -0.3 is 4.52 Å². The lowest BCUT2D eigenvalue weighted by molar-refractivity contribution is 0.197. The SMILES string of the molecule is Cc1cc(-c2nn(C)c(Cl)c2CN2CCC[C@@H](c3ncn[nH]3)C2)no1. The van der Waals surface area contributed by atoms with E-state index >= 15 is 0 Å². The van der Waals surface area contributed by atoms with Gasteiger partial charge in [0.05, 0.1) is 0 Å². The van der Waals surface area contributed by atoms with Crippen molar-refractivity contribution < 1.29 is 4.52 Å². The normalized spacial score (nSPS) is 18.8. The minimum atomic E-state index is 0.365. The van der Waals surface area contributed by atoms with Gasteiger partial charge in [-0.3, -0.25) is 14.7 Å². The Morgan fingerprint density at radius 3 is 3.04 bits per heavy atom. The molecule has 0 aliphatic carbocycles. The summed E-state index contributed by atoms with van der Waals surface area (Å²) in [6.45, 7) is 4.52. The van der Waals surface area contributed by atoms with Crippen molar-refractivity contribution in [3.63, 3.8) is 0 Å². The molecule has 132 valence electrons. The number of nitrogens with one attached hydrogen (secondary N) is 1. The molecule has 8 nitrogen and oxygen atoms in total. The number of aryl methyl sites for hydroxylation is 2. The Bertz CT molecular complexity index is 854. The summed E-state index contributed by atoms with van der Waals surface area (Å²) in [5.74, 6) is 2.07. The topological polar surface area (TPSA) is 88.7 Å². The standard InChI is InChI=1S/C16H20ClN7O/c1-10-6-13(22-25-10)14-12(15(17)23(2)21-14)8-24-5-3-4-11(7-24)16-18-9-19-20-16/h6,9,11H,3-5,7-8H2,1-2H3,(H,18,19,20)/t11-/m1/s1. The van der Waals surface area contributed by atoms with Crippen LogP contribution in [0.2, 0.25) is 5.15 Å². The highest BCUT2D eigenvalue weighted by Crippen LogP contribution is 2.31. The first-order chi connectivity index (χ1) is 12.1. The number of nitrogens with zero attached hydrogens (tertiary/aromatic N) is 6. The molecule has 4 heterocycles. The van der Waals surface area contributed by atoms with Crippen molar-refractivity contribution in [3.8, 4) is 11.4 Å². The zero-order chi connectivity index (χ0) is 17.4. The molecule has 1 fully saturated rings. The molecule has 3 aromatic heterocycles. The number of halogens is 1. The summed E-state index contributed by atoms with van der Waals surface area (Å²) in [5.41, 5.74) is 2.49. The fourth-order valence-corrected chi connectivity index (χ4v) is 3.62. The van der Waals surface area contributed by atoms with Crippen LogP contribution in [0, 0.1) is 6.92 Å². The maximum absolute atomic E-state index is 6.51. The quantitative estimate of drug-likeness (QED) is 0.768. The van der Waals surface area contributed by atoms with Crippen LogP contribution in [0.5, 0.6) is 0 Å². The van der Waals surface area contributed by atoms with Crippen LogP contribution in [0.25, 0.3) is 11.4 Å². The first-order valence-electron chi connectivity index (χ1n) is 8.34. The molecule has 1 atom stereocenters. The van der Waals surface area contributed by atoms with E-state index in [1.807, 2.05) is 20.0 Å². The average Bonchev–Trinajstić information content (AvgIpc) is 3.33. The third-order valence-corrected chi connectivity index (χ3v) is 5.12. The lowest BCUT2D eigenvalue weighted by Gasteiger charge is -2.31. The Morgan fingerprint density at radius 1 is 1.44 bits per heavy atom. The molecule has 4 rings (SSSR count). The molecule has 25 heavy (non-hydrogen) atoms. The van der Waals surface area contributed by atoms with Gasteiger partial charge in [-0.05, 0) is 26.3 Å². The monoisotopic (exact) mass is 361 g/mol. The lowest BCUT2D eigenvalue weighted by Crippen LogP contribution is -2.34. The molecule has 3 aromatic rings. The minimum Gasteiger partial charge on any atom is -0.361 e. The number of aromatic nitrogens is 6. The van der Waals surface area contributed by atoms with Gasteiger partial charge in [0.2, 0.25) is 0 Å². The predicted molar refractivity (Wildman–Crippen MR) is 92.1 cm³/mol. The zero-order valence-corrected chi connectivity index (χ0v) is 15.0. The van der Waals surface area contributed by atoms with Crippen molar-refractivity contribution in [2.24, 2.45) is 7.05 Å². The number of likely N-dealkylation sites (tertiary alicyclic amines) is 1. The molecule has 1 aliphatic heterocycles. The lowest BCUT2D eigenvalue weighted by atomic mass is 9.97. The van der Waals surface area contributed by atoms with Gasteiger partial charge in [-0.2, -0.15) is 10.2 Å². The van der Waals surface area contributed by atoms with Crippen molar-refractivity contribution >= 4 is 11.6 Å². The van der Waals surface area contributed by atoms with Gasteiger partial charge in [0.1, 0.15) is 34.5 Å². The summed E-state index contributed by atoms with van der Waals surface area (Å²) in [5, 5.41) is 16.2. The van der Waals surface area contributed by atoms with Crippen LogP contribution in [0.15, 0.2) is 16.9 Å². The van der Waals surface area contributed by atoms with E-state index in [1.165, 1.54) is 0 Å². The van der Waals surface area contributed by atoms with E-state index in [9.17, 15) is 0 Å². The number of aromatic amines is 1. The van der Waals surface area contributed by atoms with Gasteiger partial charge in [-0.15, -0.1) is 0 Å². The third-order valence-electron chi connectivity index (χ3n) is 4.65. The van der Waals surface area contributed by atoms with E-state index in [2.05, 4.69) is 30.3 Å². The number of H-pyrrole nitrogens is 1. The summed E-state index contributed by atoms with van der Waals surface area (Å²) in [6, 6.07) is 1.88. The summed E-state index contributed by atoms with van der Waals surface area (Å²) >= 11 is 6.51. The number of hydrogen-bond acceptors (Lipinski definition) is 6. The van der Waals surface area contributed by atoms with E-state index in [0.29, 0.717) is 11.1 Å². The predicted octanol–water partition coefficient (Wildman–Crippen LogP) is 2.53. The number of hydrogen-bond donors (Lipinski definition) is 1. The molecule has 0 aromatic carbocycles. The largest absolute Gasteiger partial charge is 0.361 e. The highest BCUT2D eigenvalue weighted by molar-refractivity contribution is 6.30. The molecular weight excluding hydrogens is 342 g/mol. The van der Waals surface area contributed by atoms with Gasteiger partial charge in [0.25, 0.3) is 0 Å².